The number of benzene rings is 2. The van der Waals surface area contributed by atoms with E-state index in [1.807, 2.05) is 32.9 Å². The Hall–Kier alpha value is -3.03. The van der Waals surface area contributed by atoms with Crippen LogP contribution in [0, 0.1) is 6.92 Å². The predicted molar refractivity (Wildman–Crippen MR) is 130 cm³/mol. The lowest BCUT2D eigenvalue weighted by Gasteiger charge is -2.27. The molecule has 2 aromatic carbocycles. The fourth-order valence-electron chi connectivity index (χ4n) is 4.14. The topological polar surface area (TPSA) is 85.3 Å². The molecule has 3 rings (SSSR count). The number of ether oxygens (including phenoxy) is 3. The van der Waals surface area contributed by atoms with E-state index in [2.05, 4.69) is 0 Å². The average Bonchev–Trinajstić information content (AvgIpc) is 3.03. The Morgan fingerprint density at radius 1 is 1.18 bits per heavy atom. The number of aliphatic hydroxyl groups is 1. The van der Waals surface area contributed by atoms with Crippen molar-refractivity contribution in [2.75, 3.05) is 27.4 Å². The Kier molecular flexibility index (Phi) is 8.23. The number of hydrogen-bond acceptors (Lipinski definition) is 6. The summed E-state index contributed by atoms with van der Waals surface area (Å²) in [6, 6.07) is 9.73. The van der Waals surface area contributed by atoms with E-state index in [0.717, 1.165) is 5.56 Å². The standard InChI is InChI=1S/C26H30ClNO6/c1-15(2)34-20-10-7-6-9-17(20)22-21(24(30)26(31)28(22)11-8-12-32-4)23(29)18-13-16(3)14-19(27)25(18)33-5/h6-7,9-10,13-15,22,29H,8,11-12H2,1-5H3/b23-21+. The summed E-state index contributed by atoms with van der Waals surface area (Å²) in [5.74, 6) is -1.07. The Bertz CT molecular complexity index is 1110. The third-order valence-corrected chi connectivity index (χ3v) is 5.79. The third kappa shape index (κ3) is 5.05. The van der Waals surface area contributed by atoms with Crippen molar-refractivity contribution in [2.45, 2.75) is 39.3 Å². The van der Waals surface area contributed by atoms with Crippen LogP contribution in [0.1, 0.15) is 43.0 Å². The van der Waals surface area contributed by atoms with Crippen LogP contribution in [0.3, 0.4) is 0 Å². The molecule has 2 aromatic rings. The second kappa shape index (κ2) is 10.9. The first-order valence-electron chi connectivity index (χ1n) is 11.1. The molecule has 0 aliphatic carbocycles. The Balaban J connectivity index is 2.27. The fourth-order valence-corrected chi connectivity index (χ4v) is 4.49. The summed E-state index contributed by atoms with van der Waals surface area (Å²) >= 11 is 6.34. The molecule has 7 nitrogen and oxygen atoms in total. The quantitative estimate of drug-likeness (QED) is 0.234. The van der Waals surface area contributed by atoms with Gasteiger partial charge < -0.3 is 24.2 Å². The highest BCUT2D eigenvalue weighted by Gasteiger charge is 2.47. The number of carbonyl (C=O) groups is 2. The zero-order chi connectivity index (χ0) is 25.0. The second-order valence-electron chi connectivity index (χ2n) is 8.37. The lowest BCUT2D eigenvalue weighted by molar-refractivity contribution is -0.140. The summed E-state index contributed by atoms with van der Waals surface area (Å²) in [7, 11) is 3.01. The predicted octanol–water partition coefficient (Wildman–Crippen LogP) is 4.90. The van der Waals surface area contributed by atoms with Crippen LogP contribution >= 0.6 is 11.6 Å². The number of aryl methyl sites for hydroxylation is 1. The fraction of sp³-hybridized carbons (Fsp3) is 0.385. The first kappa shape index (κ1) is 25.6. The third-order valence-electron chi connectivity index (χ3n) is 5.51. The van der Waals surface area contributed by atoms with Gasteiger partial charge in [-0.3, -0.25) is 9.59 Å². The molecule has 182 valence electrons. The van der Waals surface area contributed by atoms with Gasteiger partial charge in [0.25, 0.3) is 11.7 Å². The Labute approximate surface area is 204 Å². The molecule has 0 saturated carbocycles. The van der Waals surface area contributed by atoms with Crippen LogP contribution in [0.5, 0.6) is 11.5 Å². The normalized spacial score (nSPS) is 17.5. The number of hydrogen-bond donors (Lipinski definition) is 1. The molecular weight excluding hydrogens is 458 g/mol. The lowest BCUT2D eigenvalue weighted by Crippen LogP contribution is -2.31. The van der Waals surface area contributed by atoms with Gasteiger partial charge in [0.15, 0.2) is 0 Å². The van der Waals surface area contributed by atoms with Gasteiger partial charge in [-0.25, -0.2) is 0 Å². The van der Waals surface area contributed by atoms with Crippen molar-refractivity contribution in [3.63, 3.8) is 0 Å². The minimum atomic E-state index is -0.851. The van der Waals surface area contributed by atoms with Crippen LogP contribution in [0.15, 0.2) is 42.0 Å². The number of rotatable bonds is 9. The van der Waals surface area contributed by atoms with Crippen LogP contribution < -0.4 is 9.47 Å². The van der Waals surface area contributed by atoms with Crippen molar-refractivity contribution in [2.24, 2.45) is 0 Å². The van der Waals surface area contributed by atoms with Gasteiger partial charge in [-0.2, -0.15) is 0 Å². The van der Waals surface area contributed by atoms with E-state index in [1.54, 1.807) is 31.4 Å². The molecule has 1 heterocycles. The molecule has 0 bridgehead atoms. The molecule has 1 fully saturated rings. The Morgan fingerprint density at radius 2 is 1.88 bits per heavy atom. The summed E-state index contributed by atoms with van der Waals surface area (Å²) in [5, 5.41) is 11.7. The maximum Gasteiger partial charge on any atom is 0.295 e. The monoisotopic (exact) mass is 487 g/mol. The molecule has 1 aliphatic rings. The van der Waals surface area contributed by atoms with Gasteiger partial charge >= 0.3 is 0 Å². The lowest BCUT2D eigenvalue weighted by atomic mass is 9.93. The summed E-state index contributed by atoms with van der Waals surface area (Å²) in [4.78, 5) is 27.9. The number of methoxy groups -OCH3 is 2. The van der Waals surface area contributed by atoms with Crippen molar-refractivity contribution >= 4 is 29.1 Å². The number of amides is 1. The number of para-hydroxylation sites is 1. The number of nitrogens with zero attached hydrogens (tertiary/aromatic N) is 1. The smallest absolute Gasteiger partial charge is 0.295 e. The molecule has 1 atom stereocenters. The van der Waals surface area contributed by atoms with E-state index >= 15 is 0 Å². The first-order valence-corrected chi connectivity index (χ1v) is 11.5. The van der Waals surface area contributed by atoms with E-state index in [4.69, 9.17) is 25.8 Å². The molecule has 34 heavy (non-hydrogen) atoms. The van der Waals surface area contributed by atoms with Crippen molar-refractivity contribution in [1.29, 1.82) is 0 Å². The molecule has 0 radical (unpaired) electrons. The zero-order valence-corrected chi connectivity index (χ0v) is 20.8. The van der Waals surface area contributed by atoms with Crippen molar-refractivity contribution in [3.05, 3.63) is 63.7 Å². The largest absolute Gasteiger partial charge is 0.507 e. The van der Waals surface area contributed by atoms with Crippen molar-refractivity contribution < 1.29 is 28.9 Å². The Morgan fingerprint density at radius 3 is 2.53 bits per heavy atom. The number of Topliss-reactive ketones (excluding diaryl/α,β-unsaturated/α-hetero) is 1. The van der Waals surface area contributed by atoms with Crippen LogP contribution in [0.4, 0.5) is 0 Å². The highest BCUT2D eigenvalue weighted by molar-refractivity contribution is 6.46. The average molecular weight is 488 g/mol. The SMILES string of the molecule is COCCCN1C(=O)C(=O)/C(=C(/O)c2cc(C)cc(Cl)c2OC)C1c1ccccc1OC(C)C. The highest BCUT2D eigenvalue weighted by Crippen LogP contribution is 2.45. The molecule has 1 saturated heterocycles. The maximum absolute atomic E-state index is 13.3. The summed E-state index contributed by atoms with van der Waals surface area (Å²) in [6.45, 7) is 6.29. The van der Waals surface area contributed by atoms with Gasteiger partial charge in [-0.15, -0.1) is 0 Å². The van der Waals surface area contributed by atoms with Crippen LogP contribution in [0.2, 0.25) is 5.02 Å². The van der Waals surface area contributed by atoms with Crippen molar-refractivity contribution in [3.8, 4) is 11.5 Å². The van der Waals surface area contributed by atoms with Gasteiger partial charge in [0.1, 0.15) is 17.3 Å². The summed E-state index contributed by atoms with van der Waals surface area (Å²) in [5.41, 5.74) is 1.57. The highest BCUT2D eigenvalue weighted by atomic mass is 35.5. The number of aliphatic hydroxyl groups excluding tert-OH is 1. The summed E-state index contributed by atoms with van der Waals surface area (Å²) in [6.07, 6.45) is 0.389. The molecule has 0 spiro atoms. The minimum Gasteiger partial charge on any atom is -0.507 e. The number of ketones is 1. The maximum atomic E-state index is 13.3. The summed E-state index contributed by atoms with van der Waals surface area (Å²) < 4.78 is 16.6. The zero-order valence-electron chi connectivity index (χ0n) is 20.1. The number of likely N-dealkylation sites (tertiary alicyclic amines) is 1. The molecule has 1 amide bonds. The van der Waals surface area contributed by atoms with E-state index in [0.29, 0.717) is 29.4 Å². The van der Waals surface area contributed by atoms with Crippen LogP contribution in [-0.4, -0.2) is 55.2 Å². The number of halogens is 1. The molecule has 1 unspecified atom stereocenters. The molecule has 8 heteroatoms. The molecule has 1 N–H and O–H groups in total. The van der Waals surface area contributed by atoms with E-state index in [9.17, 15) is 14.7 Å². The van der Waals surface area contributed by atoms with E-state index in [1.165, 1.54) is 12.0 Å². The van der Waals surface area contributed by atoms with Gasteiger partial charge in [-0.05, 0) is 51.0 Å². The van der Waals surface area contributed by atoms with E-state index < -0.39 is 17.7 Å². The van der Waals surface area contributed by atoms with Crippen LogP contribution in [0.25, 0.3) is 5.76 Å². The second-order valence-corrected chi connectivity index (χ2v) is 8.78. The molecular formula is C26H30ClNO6. The molecule has 0 aromatic heterocycles. The molecule has 1 aliphatic heterocycles. The van der Waals surface area contributed by atoms with E-state index in [-0.39, 0.29) is 35.3 Å². The minimum absolute atomic E-state index is 0.0396. The van der Waals surface area contributed by atoms with Crippen LogP contribution in [-0.2, 0) is 14.3 Å². The number of carbonyl (C=O) groups excluding carboxylic acids is 2. The van der Waals surface area contributed by atoms with Gasteiger partial charge in [0, 0.05) is 25.8 Å². The van der Waals surface area contributed by atoms with Gasteiger partial charge in [0.05, 0.1) is 35.4 Å². The van der Waals surface area contributed by atoms with Crippen molar-refractivity contribution in [1.82, 2.24) is 4.90 Å². The van der Waals surface area contributed by atoms with Gasteiger partial charge in [-0.1, -0.05) is 29.8 Å². The first-order chi connectivity index (χ1) is 16.2. The van der Waals surface area contributed by atoms with Gasteiger partial charge in [0.2, 0.25) is 0 Å².